The number of rotatable bonds is 6. The lowest BCUT2D eigenvalue weighted by molar-refractivity contribution is -0.142. The highest BCUT2D eigenvalue weighted by Gasteiger charge is 2.30. The van der Waals surface area contributed by atoms with Crippen LogP contribution in [0.4, 0.5) is 0 Å². The maximum absolute atomic E-state index is 12.7. The molecule has 26 heavy (non-hydrogen) atoms. The van der Waals surface area contributed by atoms with Crippen molar-refractivity contribution in [2.24, 2.45) is 0 Å². The number of Topliss-reactive ketones (excluding diaryl/α,β-unsaturated/α-hetero) is 1. The summed E-state index contributed by atoms with van der Waals surface area (Å²) in [4.78, 5) is 29.2. The molecule has 0 saturated carbocycles. The second-order valence-electron chi connectivity index (χ2n) is 7.21. The molecule has 0 spiro atoms. The van der Waals surface area contributed by atoms with Gasteiger partial charge in [-0.3, -0.25) is 14.5 Å². The molecule has 0 N–H and O–H groups in total. The monoisotopic (exact) mass is 359 g/mol. The van der Waals surface area contributed by atoms with E-state index in [2.05, 4.69) is 16.0 Å². The molecule has 6 nitrogen and oxygen atoms in total. The fourth-order valence-electron chi connectivity index (χ4n) is 3.88. The summed E-state index contributed by atoms with van der Waals surface area (Å²) in [6.07, 6.45) is 3.39. The topological polar surface area (TPSA) is 54.8 Å². The fraction of sp³-hybridized carbons (Fsp3) is 0.600. The highest BCUT2D eigenvalue weighted by molar-refractivity contribution is 5.99. The number of hydrogen-bond acceptors (Lipinski definition) is 4. The lowest BCUT2D eigenvalue weighted by Crippen LogP contribution is -2.52. The van der Waals surface area contributed by atoms with Crippen molar-refractivity contribution in [1.82, 2.24) is 14.4 Å². The van der Waals surface area contributed by atoms with E-state index in [-0.39, 0.29) is 17.8 Å². The van der Waals surface area contributed by atoms with Gasteiger partial charge in [-0.05, 0) is 32.8 Å². The molecule has 0 bridgehead atoms. The van der Waals surface area contributed by atoms with E-state index < -0.39 is 0 Å². The van der Waals surface area contributed by atoms with Gasteiger partial charge in [-0.2, -0.15) is 0 Å². The number of amides is 1. The Labute approximate surface area is 155 Å². The predicted molar refractivity (Wildman–Crippen MR) is 100 cm³/mol. The Bertz CT molecular complexity index is 681. The summed E-state index contributed by atoms with van der Waals surface area (Å²) in [6.45, 7) is 12.4. The third kappa shape index (κ3) is 3.91. The number of aromatic nitrogens is 1. The first-order chi connectivity index (χ1) is 12.5. The Morgan fingerprint density at radius 2 is 2.00 bits per heavy atom. The van der Waals surface area contributed by atoms with Gasteiger partial charge in [0.05, 0.1) is 6.54 Å². The summed E-state index contributed by atoms with van der Waals surface area (Å²) in [7, 11) is 0. The van der Waals surface area contributed by atoms with E-state index in [4.69, 9.17) is 4.74 Å². The molecule has 0 radical (unpaired) electrons. The van der Waals surface area contributed by atoms with Gasteiger partial charge in [0.2, 0.25) is 0 Å². The molecule has 3 rings (SSSR count). The van der Waals surface area contributed by atoms with E-state index in [1.807, 2.05) is 30.9 Å². The van der Waals surface area contributed by atoms with Crippen LogP contribution in [0.25, 0.3) is 0 Å². The molecule has 142 valence electrons. The lowest BCUT2D eigenvalue weighted by Gasteiger charge is -2.35. The summed E-state index contributed by atoms with van der Waals surface area (Å²) in [5.41, 5.74) is 2.87. The zero-order chi connectivity index (χ0) is 18.7. The van der Waals surface area contributed by atoms with Crippen molar-refractivity contribution in [3.05, 3.63) is 35.7 Å². The molecule has 0 aliphatic carbocycles. The molecule has 0 unspecified atom stereocenters. The van der Waals surface area contributed by atoms with Gasteiger partial charge in [-0.15, -0.1) is 6.58 Å². The van der Waals surface area contributed by atoms with Crippen LogP contribution in [0.3, 0.4) is 0 Å². The van der Waals surface area contributed by atoms with Gasteiger partial charge in [0.15, 0.2) is 5.78 Å². The van der Waals surface area contributed by atoms with E-state index in [9.17, 15) is 9.59 Å². The molecule has 2 fully saturated rings. The number of nitrogens with zero attached hydrogens (tertiary/aromatic N) is 3. The number of piperazine rings is 1. The average Bonchev–Trinajstić information content (AvgIpc) is 3.26. The minimum absolute atomic E-state index is 0.112. The van der Waals surface area contributed by atoms with E-state index in [0.717, 1.165) is 49.4 Å². The van der Waals surface area contributed by atoms with Crippen molar-refractivity contribution in [3.63, 3.8) is 0 Å². The van der Waals surface area contributed by atoms with Crippen LogP contribution < -0.4 is 0 Å². The highest BCUT2D eigenvalue weighted by Crippen LogP contribution is 2.18. The Morgan fingerprint density at radius 3 is 2.62 bits per heavy atom. The number of aryl methyl sites for hydroxylation is 1. The molecule has 1 aromatic rings. The highest BCUT2D eigenvalue weighted by atomic mass is 16.5. The van der Waals surface area contributed by atoms with Crippen LogP contribution in [0.2, 0.25) is 0 Å². The lowest BCUT2D eigenvalue weighted by atomic mass is 10.1. The van der Waals surface area contributed by atoms with Gasteiger partial charge in [-0.25, -0.2) is 0 Å². The third-order valence-electron chi connectivity index (χ3n) is 5.44. The summed E-state index contributed by atoms with van der Waals surface area (Å²) >= 11 is 0. The largest absolute Gasteiger partial charge is 0.368 e. The molecule has 2 aliphatic rings. The van der Waals surface area contributed by atoms with Crippen molar-refractivity contribution in [1.29, 1.82) is 0 Å². The van der Waals surface area contributed by atoms with Gasteiger partial charge in [0.1, 0.15) is 6.10 Å². The van der Waals surface area contributed by atoms with Crippen LogP contribution in [0.5, 0.6) is 0 Å². The predicted octanol–water partition coefficient (Wildman–Crippen LogP) is 1.80. The number of ketones is 1. The summed E-state index contributed by atoms with van der Waals surface area (Å²) in [5, 5.41) is 0. The normalized spacial score (nSPS) is 21.2. The van der Waals surface area contributed by atoms with E-state index >= 15 is 0 Å². The van der Waals surface area contributed by atoms with Crippen molar-refractivity contribution < 1.29 is 14.3 Å². The Balaban J connectivity index is 1.54. The van der Waals surface area contributed by atoms with Gasteiger partial charge >= 0.3 is 0 Å². The minimum Gasteiger partial charge on any atom is -0.368 e. The van der Waals surface area contributed by atoms with Gasteiger partial charge < -0.3 is 14.2 Å². The summed E-state index contributed by atoms with van der Waals surface area (Å²) in [5.74, 6) is 0.258. The Hall–Kier alpha value is -1.92. The molecule has 3 heterocycles. The molecule has 2 saturated heterocycles. The molecule has 1 aromatic heterocycles. The Kier molecular flexibility index (Phi) is 5.94. The van der Waals surface area contributed by atoms with Gasteiger partial charge in [0, 0.05) is 56.3 Å². The van der Waals surface area contributed by atoms with Crippen molar-refractivity contribution in [3.8, 4) is 0 Å². The SMILES string of the molecule is C=CCn1c(C)cc(C(=O)CN2CCN(C(=O)[C@H]3CCCO3)CC2)c1C. The maximum Gasteiger partial charge on any atom is 0.251 e. The number of hydrogen-bond donors (Lipinski definition) is 0. The summed E-state index contributed by atoms with van der Waals surface area (Å²) in [6, 6.07) is 1.97. The molecule has 1 atom stereocenters. The van der Waals surface area contributed by atoms with Crippen molar-refractivity contribution in [2.75, 3.05) is 39.3 Å². The van der Waals surface area contributed by atoms with Crippen molar-refractivity contribution in [2.45, 2.75) is 39.3 Å². The minimum atomic E-state index is -0.251. The first-order valence-corrected chi connectivity index (χ1v) is 9.45. The van der Waals surface area contributed by atoms with Gasteiger partial charge in [0.25, 0.3) is 5.91 Å². The van der Waals surface area contributed by atoms with E-state index in [0.29, 0.717) is 26.2 Å². The second-order valence-corrected chi connectivity index (χ2v) is 7.21. The molecular formula is C20H29N3O3. The van der Waals surface area contributed by atoms with Crippen LogP contribution >= 0.6 is 0 Å². The molecule has 0 aromatic carbocycles. The standard InChI is InChI=1S/C20H29N3O3/c1-4-7-23-15(2)13-17(16(23)3)18(24)14-21-8-10-22(11-9-21)20(25)19-6-5-12-26-19/h4,13,19H,1,5-12,14H2,2-3H3/t19-/m1/s1. The number of ether oxygens (including phenoxy) is 1. The van der Waals surface area contributed by atoms with Crippen LogP contribution in [0.1, 0.15) is 34.6 Å². The maximum atomic E-state index is 12.7. The van der Waals surface area contributed by atoms with Crippen molar-refractivity contribution >= 4 is 11.7 Å². The first kappa shape index (κ1) is 18.9. The zero-order valence-corrected chi connectivity index (χ0v) is 15.9. The van der Waals surface area contributed by atoms with Crippen LogP contribution in [0.15, 0.2) is 18.7 Å². The molecule has 1 amide bonds. The molecule has 2 aliphatic heterocycles. The number of carbonyl (C=O) groups is 2. The van der Waals surface area contributed by atoms with E-state index in [1.54, 1.807) is 0 Å². The number of carbonyl (C=O) groups excluding carboxylic acids is 2. The number of allylic oxidation sites excluding steroid dienone is 1. The molecular weight excluding hydrogens is 330 g/mol. The van der Waals surface area contributed by atoms with Crippen LogP contribution in [-0.4, -0.2) is 71.5 Å². The first-order valence-electron chi connectivity index (χ1n) is 9.45. The fourth-order valence-corrected chi connectivity index (χ4v) is 3.88. The van der Waals surface area contributed by atoms with Crippen LogP contribution in [0, 0.1) is 13.8 Å². The smallest absolute Gasteiger partial charge is 0.251 e. The third-order valence-corrected chi connectivity index (χ3v) is 5.44. The van der Waals surface area contributed by atoms with E-state index in [1.165, 1.54) is 0 Å². The van der Waals surface area contributed by atoms with Gasteiger partial charge in [-0.1, -0.05) is 6.08 Å². The Morgan fingerprint density at radius 1 is 1.27 bits per heavy atom. The second kappa shape index (κ2) is 8.18. The molecule has 6 heteroatoms. The quantitative estimate of drug-likeness (QED) is 0.574. The average molecular weight is 359 g/mol. The summed E-state index contributed by atoms with van der Waals surface area (Å²) < 4.78 is 7.61. The van der Waals surface area contributed by atoms with Crippen LogP contribution in [-0.2, 0) is 16.1 Å². The zero-order valence-electron chi connectivity index (χ0n) is 15.9.